The number of primary amides is 1. The summed E-state index contributed by atoms with van der Waals surface area (Å²) in [7, 11) is -3.92. The number of pyridine rings is 1. The van der Waals surface area contributed by atoms with Gasteiger partial charge < -0.3 is 30.2 Å². The summed E-state index contributed by atoms with van der Waals surface area (Å²) in [5, 5.41) is 4.61. The Kier molecular flexibility index (Phi) is 13.3. The van der Waals surface area contributed by atoms with E-state index in [1.54, 1.807) is 11.8 Å². The standard InChI is InChI=1S/C36H48N4O7S.C6H11F2NO2.3H2/c1-22(2)46-30-18-25-11-7-9-13-28(25)33(37-30)47-27-19-29-32(42)38-36(34(43)39-48(44,45)35(5)14-15-35)20-26(36)12-8-6-10-23(3)16-24(4)17-31(41)40(29)21-27;1-5(2,6(3,7)8)11-4(9)10;;;/h7-9,11-13,18,22-24,26-27,29H,6,10,14-17,19-21H2,1-5H3,(H,38,42)(H,39,43);1-3H3,(H2,9,10);3*1H/b12-8-;;;;/t23-,24-,26-,27-,29+,36-;;;;/m1..../s1. The summed E-state index contributed by atoms with van der Waals surface area (Å²) in [6.07, 6.45) is 6.37. The Hall–Kier alpha value is -4.54. The molecule has 0 bridgehead atoms. The molecule has 2 aliphatic carbocycles. The Morgan fingerprint density at radius 1 is 1.10 bits per heavy atom. The molecule has 3 heterocycles. The molecule has 1 aromatic carbocycles. The number of allylic oxidation sites excluding steroid dienone is 1. The number of benzene rings is 1. The van der Waals surface area contributed by atoms with Gasteiger partial charge in [0.05, 0.1) is 17.4 Å². The zero-order chi connectivity index (χ0) is 43.7. The van der Waals surface area contributed by atoms with Gasteiger partial charge in [-0.2, -0.15) is 4.98 Å². The van der Waals surface area contributed by atoms with E-state index in [1.807, 2.05) is 56.3 Å². The maximum Gasteiger partial charge on any atom is 0.405 e. The average molecular weight is 854 g/mol. The third kappa shape index (κ3) is 10.8. The van der Waals surface area contributed by atoms with Crippen LogP contribution < -0.4 is 25.2 Å². The number of rotatable bonds is 9. The van der Waals surface area contributed by atoms with E-state index in [0.717, 1.165) is 43.9 Å². The first-order chi connectivity index (χ1) is 27.4. The first kappa shape index (κ1) is 45.5. The van der Waals surface area contributed by atoms with Crippen LogP contribution in [0.5, 0.6) is 11.8 Å². The van der Waals surface area contributed by atoms with Crippen molar-refractivity contribution in [3.05, 3.63) is 42.5 Å². The van der Waals surface area contributed by atoms with Crippen molar-refractivity contribution in [3.8, 4) is 11.8 Å². The van der Waals surface area contributed by atoms with Gasteiger partial charge in [0, 0.05) is 41.4 Å². The van der Waals surface area contributed by atoms with Crippen molar-refractivity contribution < 1.29 is 54.9 Å². The topological polar surface area (TPSA) is 196 Å². The number of fused-ring (bicyclic) bond motifs is 3. The molecule has 2 aliphatic heterocycles. The fraction of sp³-hybridized carbons (Fsp3) is 0.643. The lowest BCUT2D eigenvalue weighted by Gasteiger charge is -2.29. The zero-order valence-corrected chi connectivity index (χ0v) is 36.0. The van der Waals surface area contributed by atoms with E-state index < -0.39 is 61.9 Å². The highest BCUT2D eigenvalue weighted by molar-refractivity contribution is 7.91. The minimum Gasteiger partial charge on any atom is -0.475 e. The Balaban J connectivity index is 0.000000836. The number of alkyl halides is 2. The summed E-state index contributed by atoms with van der Waals surface area (Å²) in [5.74, 6) is -3.58. The van der Waals surface area contributed by atoms with E-state index in [1.165, 1.54) is 0 Å². The minimum atomic E-state index is -3.92. The number of hydrogen-bond acceptors (Lipinski definition) is 10. The predicted molar refractivity (Wildman–Crippen MR) is 223 cm³/mol. The number of aromatic nitrogens is 1. The van der Waals surface area contributed by atoms with Gasteiger partial charge in [0.15, 0.2) is 5.60 Å². The SMILES string of the molecule is CC(C)Oc1cc2ccccc2c(O[C@@H]2C[C@H]3C(=O)N[C@]4(C(=O)NS(=O)(=O)C5(C)CC5)C[C@H]4/C=C\CC[C@@H](C)C[C@@H](C)CC(=O)N3C2)n1.CC(F)(F)C(C)(C)OC(N)=O.[HH].[HH].[HH]. The van der Waals surface area contributed by atoms with Crippen LogP contribution in [0.1, 0.15) is 111 Å². The molecule has 59 heavy (non-hydrogen) atoms. The third-order valence-electron chi connectivity index (χ3n) is 11.7. The highest BCUT2D eigenvalue weighted by atomic mass is 32.2. The number of carbonyl (C=O) groups is 4. The van der Waals surface area contributed by atoms with Gasteiger partial charge >= 0.3 is 6.09 Å². The second-order valence-corrected chi connectivity index (χ2v) is 20.0. The van der Waals surface area contributed by atoms with Crippen LogP contribution in [0.4, 0.5) is 13.6 Å². The maximum absolute atomic E-state index is 14.2. The molecule has 6 rings (SSSR count). The predicted octanol–water partition coefficient (Wildman–Crippen LogP) is 6.90. The summed E-state index contributed by atoms with van der Waals surface area (Å²) in [4.78, 5) is 58.1. The van der Waals surface area contributed by atoms with Gasteiger partial charge in [0.25, 0.3) is 11.8 Å². The molecule has 1 aromatic heterocycles. The molecule has 1 saturated heterocycles. The average Bonchev–Trinajstić information content (AvgIpc) is 3.99. The van der Waals surface area contributed by atoms with Gasteiger partial charge in [0.2, 0.25) is 33.6 Å². The van der Waals surface area contributed by atoms with Crippen molar-refractivity contribution in [2.75, 3.05) is 6.54 Å². The number of nitrogens with two attached hydrogens (primary N) is 1. The third-order valence-corrected chi connectivity index (χ3v) is 13.9. The van der Waals surface area contributed by atoms with Gasteiger partial charge in [-0.25, -0.2) is 22.0 Å². The van der Waals surface area contributed by atoms with Crippen LogP contribution in [0, 0.1) is 17.8 Å². The van der Waals surface area contributed by atoms with Gasteiger partial charge in [-0.15, -0.1) is 0 Å². The Bertz CT molecular complexity index is 2070. The molecule has 2 aromatic rings. The number of sulfonamides is 1. The molecule has 0 unspecified atom stereocenters. The van der Waals surface area contributed by atoms with Crippen molar-refractivity contribution in [3.63, 3.8) is 0 Å². The highest BCUT2D eigenvalue weighted by Crippen LogP contribution is 2.47. The van der Waals surface area contributed by atoms with Crippen molar-refractivity contribution in [2.45, 2.75) is 147 Å². The molecular formula is C42H65F2N5O9S. The van der Waals surface area contributed by atoms with Gasteiger partial charge in [0.1, 0.15) is 17.7 Å². The summed E-state index contributed by atoms with van der Waals surface area (Å²) in [6.45, 7) is 12.7. The first-order valence-corrected chi connectivity index (χ1v) is 21.8. The van der Waals surface area contributed by atoms with Crippen LogP contribution in [-0.2, 0) is 29.1 Å². The number of carbonyl (C=O) groups excluding carboxylic acids is 4. The van der Waals surface area contributed by atoms with Crippen LogP contribution in [0.3, 0.4) is 0 Å². The van der Waals surface area contributed by atoms with Gasteiger partial charge in [-0.3, -0.25) is 19.1 Å². The van der Waals surface area contributed by atoms with Crippen LogP contribution in [0.25, 0.3) is 10.8 Å². The minimum absolute atomic E-state index is 0. The van der Waals surface area contributed by atoms with Crippen LogP contribution >= 0.6 is 0 Å². The van der Waals surface area contributed by atoms with E-state index in [0.29, 0.717) is 37.4 Å². The number of ether oxygens (including phenoxy) is 3. The highest BCUT2D eigenvalue weighted by Gasteiger charge is 2.63. The molecule has 4 amide bonds. The van der Waals surface area contributed by atoms with Crippen molar-refractivity contribution in [2.24, 2.45) is 23.5 Å². The molecule has 3 fully saturated rings. The van der Waals surface area contributed by atoms with Crippen molar-refractivity contribution in [1.82, 2.24) is 19.9 Å². The second kappa shape index (κ2) is 17.2. The lowest BCUT2D eigenvalue weighted by atomic mass is 9.91. The number of nitrogens with one attached hydrogen (secondary N) is 2. The Morgan fingerprint density at radius 3 is 2.39 bits per heavy atom. The van der Waals surface area contributed by atoms with Crippen LogP contribution in [-0.4, -0.2) is 88.7 Å². The summed E-state index contributed by atoms with van der Waals surface area (Å²) >= 11 is 0. The largest absolute Gasteiger partial charge is 0.475 e. The van der Waals surface area contributed by atoms with Crippen LogP contribution in [0.15, 0.2) is 42.5 Å². The second-order valence-electron chi connectivity index (χ2n) is 17.8. The van der Waals surface area contributed by atoms with E-state index >= 15 is 0 Å². The Morgan fingerprint density at radius 2 is 1.78 bits per heavy atom. The summed E-state index contributed by atoms with van der Waals surface area (Å²) < 4.78 is 69.0. The number of nitrogens with zero attached hydrogens (tertiary/aromatic N) is 2. The van der Waals surface area contributed by atoms with Crippen molar-refractivity contribution in [1.29, 1.82) is 0 Å². The molecule has 14 nitrogen and oxygen atoms in total. The smallest absolute Gasteiger partial charge is 0.405 e. The van der Waals surface area contributed by atoms with Crippen LogP contribution in [0.2, 0.25) is 0 Å². The molecular weight excluding hydrogens is 789 g/mol. The lowest BCUT2D eigenvalue weighted by molar-refractivity contribution is -0.148. The quantitative estimate of drug-likeness (QED) is 0.223. The number of amides is 4. The monoisotopic (exact) mass is 853 g/mol. The number of halogens is 2. The fourth-order valence-electron chi connectivity index (χ4n) is 7.45. The van der Waals surface area contributed by atoms with E-state index in [9.17, 15) is 36.4 Å². The van der Waals surface area contributed by atoms with Gasteiger partial charge in [-0.05, 0) is 96.4 Å². The molecule has 0 spiro atoms. The van der Waals surface area contributed by atoms with Gasteiger partial charge in [-0.1, -0.05) is 44.2 Å². The molecule has 4 N–H and O–H groups in total. The number of hydrogen-bond donors (Lipinski definition) is 3. The lowest BCUT2D eigenvalue weighted by Crippen LogP contribution is -2.57. The molecule has 4 aliphatic rings. The first-order valence-electron chi connectivity index (χ1n) is 20.3. The molecule has 332 valence electrons. The van der Waals surface area contributed by atoms with E-state index in [4.69, 9.17) is 9.47 Å². The molecule has 17 heteroatoms. The molecule has 6 atom stereocenters. The Labute approximate surface area is 349 Å². The molecule has 0 radical (unpaired) electrons. The van der Waals surface area contributed by atoms with Crippen molar-refractivity contribution >= 4 is 44.6 Å². The zero-order valence-electron chi connectivity index (χ0n) is 35.2. The maximum atomic E-state index is 14.2. The fourth-order valence-corrected chi connectivity index (χ4v) is 8.76. The van der Waals surface area contributed by atoms with E-state index in [2.05, 4.69) is 39.3 Å². The normalized spacial score (nSPS) is 27.7. The summed E-state index contributed by atoms with van der Waals surface area (Å²) in [6, 6.07) is 8.62. The van der Waals surface area contributed by atoms with E-state index in [-0.39, 0.29) is 53.9 Å². The molecule has 2 saturated carbocycles. The summed E-state index contributed by atoms with van der Waals surface area (Å²) in [5.41, 5.74) is 1.31.